The van der Waals surface area contributed by atoms with Crippen LogP contribution in [0.15, 0.2) is 0 Å². The van der Waals surface area contributed by atoms with E-state index in [4.69, 9.17) is 0 Å². The van der Waals surface area contributed by atoms with E-state index >= 15 is 0 Å². The lowest BCUT2D eigenvalue weighted by Gasteiger charge is -2.21. The highest BCUT2D eigenvalue weighted by atomic mass is 32.1. The first-order valence-electron chi connectivity index (χ1n) is 5.26. The fourth-order valence-electron chi connectivity index (χ4n) is 1.42. The van der Waals surface area contributed by atoms with Crippen molar-refractivity contribution in [3.63, 3.8) is 0 Å². The van der Waals surface area contributed by atoms with Gasteiger partial charge >= 0.3 is 0 Å². The van der Waals surface area contributed by atoms with Crippen LogP contribution in [-0.2, 0) is 0 Å². The Kier molecular flexibility index (Phi) is 4.27. The van der Waals surface area contributed by atoms with Gasteiger partial charge in [-0.1, -0.05) is 25.2 Å². The topological polar surface area (TPSA) is 33.2 Å². The molecule has 4 heteroatoms. The predicted octanol–water partition coefficient (Wildman–Crippen LogP) is 2.75. The number of anilines is 1. The van der Waals surface area contributed by atoms with Crippen molar-refractivity contribution < 1.29 is 4.79 Å². The number of thiazole rings is 1. The van der Waals surface area contributed by atoms with Crippen LogP contribution >= 0.6 is 11.3 Å². The lowest BCUT2D eigenvalue weighted by Crippen LogP contribution is -2.26. The van der Waals surface area contributed by atoms with Crippen molar-refractivity contribution in [2.24, 2.45) is 5.92 Å². The molecule has 1 aromatic heterocycles. The van der Waals surface area contributed by atoms with E-state index in [1.54, 1.807) is 0 Å². The van der Waals surface area contributed by atoms with Crippen LogP contribution in [0.1, 0.15) is 36.1 Å². The van der Waals surface area contributed by atoms with Crippen LogP contribution in [0, 0.1) is 12.8 Å². The molecule has 0 saturated carbocycles. The lowest BCUT2D eigenvalue weighted by atomic mass is 10.2. The van der Waals surface area contributed by atoms with E-state index in [0.717, 1.165) is 35.1 Å². The molecule has 0 radical (unpaired) electrons. The Labute approximate surface area is 95.1 Å². The van der Waals surface area contributed by atoms with Crippen molar-refractivity contribution in [3.05, 3.63) is 10.6 Å². The molecule has 0 aliphatic carbocycles. The lowest BCUT2D eigenvalue weighted by molar-refractivity contribution is 0.112. The van der Waals surface area contributed by atoms with Gasteiger partial charge in [0.2, 0.25) is 0 Å². The van der Waals surface area contributed by atoms with Gasteiger partial charge in [0, 0.05) is 13.1 Å². The zero-order valence-corrected chi connectivity index (χ0v) is 10.6. The monoisotopic (exact) mass is 226 g/mol. The maximum absolute atomic E-state index is 10.7. The molecule has 15 heavy (non-hydrogen) atoms. The molecular formula is C11H18N2OS. The molecule has 0 atom stereocenters. The van der Waals surface area contributed by atoms with E-state index in [9.17, 15) is 4.79 Å². The molecule has 0 aliphatic heterocycles. The minimum Gasteiger partial charge on any atom is -0.348 e. The van der Waals surface area contributed by atoms with Gasteiger partial charge in [-0.2, -0.15) is 0 Å². The number of aldehydes is 1. The Balaban J connectivity index is 2.87. The summed E-state index contributed by atoms with van der Waals surface area (Å²) in [5.41, 5.74) is 0.840. The van der Waals surface area contributed by atoms with Crippen LogP contribution in [0.5, 0.6) is 0 Å². The van der Waals surface area contributed by atoms with Gasteiger partial charge in [-0.25, -0.2) is 4.98 Å². The second kappa shape index (κ2) is 5.26. The summed E-state index contributed by atoms with van der Waals surface area (Å²) in [7, 11) is 0. The third-order valence-electron chi connectivity index (χ3n) is 2.17. The fourth-order valence-corrected chi connectivity index (χ4v) is 2.37. The molecule has 1 heterocycles. The highest BCUT2D eigenvalue weighted by molar-refractivity contribution is 7.17. The first-order chi connectivity index (χ1) is 7.08. The van der Waals surface area contributed by atoms with Crippen LogP contribution in [0.25, 0.3) is 0 Å². The second-order valence-electron chi connectivity index (χ2n) is 4.00. The van der Waals surface area contributed by atoms with Crippen molar-refractivity contribution in [2.45, 2.75) is 27.7 Å². The molecule has 3 nitrogen and oxygen atoms in total. The number of nitrogens with zero attached hydrogens (tertiary/aromatic N) is 2. The molecule has 1 aromatic rings. The smallest absolute Gasteiger partial charge is 0.186 e. The number of carbonyl (C=O) groups excluding carboxylic acids is 1. The Hall–Kier alpha value is -0.900. The summed E-state index contributed by atoms with van der Waals surface area (Å²) in [5, 5.41) is 0.964. The highest BCUT2D eigenvalue weighted by Crippen LogP contribution is 2.25. The number of hydrogen-bond acceptors (Lipinski definition) is 4. The van der Waals surface area contributed by atoms with Gasteiger partial charge in [-0.15, -0.1) is 0 Å². The molecular weight excluding hydrogens is 208 g/mol. The maximum Gasteiger partial charge on any atom is 0.186 e. The van der Waals surface area contributed by atoms with Crippen LogP contribution in [-0.4, -0.2) is 24.4 Å². The summed E-state index contributed by atoms with van der Waals surface area (Å²) in [5.74, 6) is 0.605. The fraction of sp³-hybridized carbons (Fsp3) is 0.636. The largest absolute Gasteiger partial charge is 0.348 e. The van der Waals surface area contributed by atoms with Crippen LogP contribution < -0.4 is 4.90 Å². The Bertz CT molecular complexity index is 333. The number of aryl methyl sites for hydroxylation is 1. The summed E-state index contributed by atoms with van der Waals surface area (Å²) >= 11 is 1.48. The van der Waals surface area contributed by atoms with E-state index in [1.165, 1.54) is 11.3 Å². The highest BCUT2D eigenvalue weighted by Gasteiger charge is 2.13. The molecule has 0 fully saturated rings. The average Bonchev–Trinajstić information content (AvgIpc) is 2.55. The molecule has 0 aliphatic rings. The third-order valence-corrected chi connectivity index (χ3v) is 3.31. The normalized spacial score (nSPS) is 10.7. The zero-order valence-electron chi connectivity index (χ0n) is 9.78. The van der Waals surface area contributed by atoms with Crippen molar-refractivity contribution >= 4 is 22.8 Å². The molecule has 84 valence electrons. The third kappa shape index (κ3) is 3.02. The zero-order chi connectivity index (χ0) is 11.4. The minimum atomic E-state index is 0.605. The summed E-state index contributed by atoms with van der Waals surface area (Å²) < 4.78 is 0. The van der Waals surface area contributed by atoms with E-state index in [1.807, 2.05) is 6.92 Å². The molecule has 0 bridgehead atoms. The standard InChI is InChI=1S/C11H18N2OS/c1-5-13(6-8(2)3)11-12-9(4)10(7-14)15-11/h7-8H,5-6H2,1-4H3. The number of aromatic nitrogens is 1. The molecule has 0 aromatic carbocycles. The van der Waals surface area contributed by atoms with Gasteiger partial charge in [-0.3, -0.25) is 4.79 Å². The molecule has 1 rings (SSSR count). The quantitative estimate of drug-likeness (QED) is 0.724. The molecule has 0 N–H and O–H groups in total. The van der Waals surface area contributed by atoms with Crippen molar-refractivity contribution in [3.8, 4) is 0 Å². The van der Waals surface area contributed by atoms with Crippen LogP contribution in [0.4, 0.5) is 5.13 Å². The summed E-state index contributed by atoms with van der Waals surface area (Å²) in [6, 6.07) is 0. The predicted molar refractivity (Wildman–Crippen MR) is 65.0 cm³/mol. The van der Waals surface area contributed by atoms with Crippen molar-refractivity contribution in [1.29, 1.82) is 0 Å². The van der Waals surface area contributed by atoms with Gasteiger partial charge < -0.3 is 4.90 Å². The van der Waals surface area contributed by atoms with Gasteiger partial charge in [0.05, 0.1) is 10.6 Å². The van der Waals surface area contributed by atoms with E-state index in [0.29, 0.717) is 5.92 Å². The number of carbonyl (C=O) groups is 1. The van der Waals surface area contributed by atoms with Crippen molar-refractivity contribution in [1.82, 2.24) is 4.98 Å². The number of rotatable bonds is 5. The summed E-state index contributed by atoms with van der Waals surface area (Å²) in [6.07, 6.45) is 0.889. The number of hydrogen-bond donors (Lipinski definition) is 0. The summed E-state index contributed by atoms with van der Waals surface area (Å²) in [6.45, 7) is 10.3. The summed E-state index contributed by atoms with van der Waals surface area (Å²) in [4.78, 5) is 18.1. The Morgan fingerprint density at radius 2 is 2.20 bits per heavy atom. The second-order valence-corrected chi connectivity index (χ2v) is 5.01. The van der Waals surface area contributed by atoms with Gasteiger partial charge in [0.1, 0.15) is 0 Å². The Morgan fingerprint density at radius 3 is 2.60 bits per heavy atom. The minimum absolute atomic E-state index is 0.605. The molecule has 0 unspecified atom stereocenters. The van der Waals surface area contributed by atoms with Gasteiger partial charge in [-0.05, 0) is 19.8 Å². The first kappa shape index (κ1) is 12.2. The SMILES string of the molecule is CCN(CC(C)C)c1nc(C)c(C=O)s1. The maximum atomic E-state index is 10.7. The molecule has 0 saturated heterocycles. The van der Waals surface area contributed by atoms with E-state index in [-0.39, 0.29) is 0 Å². The molecule has 0 amide bonds. The van der Waals surface area contributed by atoms with Crippen LogP contribution in [0.2, 0.25) is 0 Å². The van der Waals surface area contributed by atoms with Crippen molar-refractivity contribution in [2.75, 3.05) is 18.0 Å². The first-order valence-corrected chi connectivity index (χ1v) is 6.07. The average molecular weight is 226 g/mol. The van der Waals surface area contributed by atoms with Crippen LogP contribution in [0.3, 0.4) is 0 Å². The van der Waals surface area contributed by atoms with E-state index in [2.05, 4.69) is 30.7 Å². The molecule has 0 spiro atoms. The van der Waals surface area contributed by atoms with Gasteiger partial charge in [0.25, 0.3) is 0 Å². The Morgan fingerprint density at radius 1 is 1.53 bits per heavy atom. The van der Waals surface area contributed by atoms with E-state index < -0.39 is 0 Å². The van der Waals surface area contributed by atoms with Gasteiger partial charge in [0.15, 0.2) is 11.4 Å².